The van der Waals surface area contributed by atoms with Crippen molar-refractivity contribution in [3.05, 3.63) is 41.7 Å². The van der Waals surface area contributed by atoms with E-state index in [2.05, 4.69) is 20.5 Å². The van der Waals surface area contributed by atoms with Gasteiger partial charge in [-0.15, -0.1) is 5.10 Å². The van der Waals surface area contributed by atoms with Gasteiger partial charge in [0.2, 0.25) is 11.8 Å². The average molecular weight is 527 g/mol. The van der Waals surface area contributed by atoms with Crippen LogP contribution in [0, 0.1) is 5.41 Å². The van der Waals surface area contributed by atoms with E-state index in [9.17, 15) is 14.7 Å². The summed E-state index contributed by atoms with van der Waals surface area (Å²) in [5.41, 5.74) is 1.34. The minimum atomic E-state index is -0.768. The Bertz CT molecular complexity index is 1120. The van der Waals surface area contributed by atoms with Gasteiger partial charge in [0.05, 0.1) is 17.8 Å². The van der Waals surface area contributed by atoms with Crippen molar-refractivity contribution in [1.29, 1.82) is 0 Å². The van der Waals surface area contributed by atoms with E-state index >= 15 is 0 Å². The molecule has 2 heterocycles. The van der Waals surface area contributed by atoms with Gasteiger partial charge in [-0.25, -0.2) is 4.68 Å². The lowest BCUT2D eigenvalue weighted by molar-refractivity contribution is -0.144. The van der Waals surface area contributed by atoms with Gasteiger partial charge in [-0.3, -0.25) is 9.59 Å². The Hall–Kier alpha value is -2.98. The summed E-state index contributed by atoms with van der Waals surface area (Å²) in [6.07, 6.45) is 3.48. The molecule has 1 aliphatic heterocycles. The molecule has 0 spiro atoms. The second kappa shape index (κ2) is 11.4. The summed E-state index contributed by atoms with van der Waals surface area (Å²) in [5.74, 6) is 0.645. The first-order valence-electron chi connectivity index (χ1n) is 13.5. The summed E-state index contributed by atoms with van der Waals surface area (Å²) in [5, 5.41) is 22.1. The van der Waals surface area contributed by atoms with Crippen molar-refractivity contribution in [2.24, 2.45) is 5.41 Å². The minimum Gasteiger partial charge on any atom is -0.492 e. The molecule has 4 rings (SSSR count). The van der Waals surface area contributed by atoms with Gasteiger partial charge in [-0.05, 0) is 57.0 Å². The number of nitrogens with zero attached hydrogens (tertiary/aromatic N) is 5. The normalized spacial score (nSPS) is 21.4. The smallest absolute Gasteiger partial charge is 0.248 e. The number of aromatic nitrogens is 3. The van der Waals surface area contributed by atoms with Crippen molar-refractivity contribution in [1.82, 2.24) is 30.1 Å². The summed E-state index contributed by atoms with van der Waals surface area (Å²) < 4.78 is 7.48. The van der Waals surface area contributed by atoms with E-state index in [4.69, 9.17) is 4.74 Å². The number of nitrogens with one attached hydrogen (secondary N) is 1. The zero-order chi connectivity index (χ0) is 27.6. The molecule has 2 unspecified atom stereocenters. The van der Waals surface area contributed by atoms with Crippen LogP contribution in [0.15, 0.2) is 30.5 Å². The second-order valence-corrected chi connectivity index (χ2v) is 12.0. The highest BCUT2D eigenvalue weighted by Crippen LogP contribution is 2.40. The van der Waals surface area contributed by atoms with Gasteiger partial charge in [0, 0.05) is 31.6 Å². The van der Waals surface area contributed by atoms with E-state index in [-0.39, 0.29) is 30.8 Å². The Morgan fingerprint density at radius 3 is 2.66 bits per heavy atom. The second-order valence-electron chi connectivity index (χ2n) is 12.0. The van der Waals surface area contributed by atoms with Crippen LogP contribution in [0.4, 0.5) is 0 Å². The molecule has 0 bridgehead atoms. The molecule has 1 aromatic heterocycles. The van der Waals surface area contributed by atoms with E-state index in [1.165, 1.54) is 4.90 Å². The number of carbonyl (C=O) groups is 2. The quantitative estimate of drug-likeness (QED) is 0.489. The number of ether oxygens (including phenoxy) is 1. The predicted octanol–water partition coefficient (Wildman–Crippen LogP) is 2.52. The molecule has 10 nitrogen and oxygen atoms in total. The molecule has 1 aliphatic carbocycles. The van der Waals surface area contributed by atoms with Crippen molar-refractivity contribution in [2.75, 3.05) is 33.8 Å². The van der Waals surface area contributed by atoms with Gasteiger partial charge in [0.25, 0.3) is 0 Å². The van der Waals surface area contributed by atoms with Crippen LogP contribution < -0.4 is 10.1 Å². The molecular weight excluding hydrogens is 484 g/mol. The molecule has 2 aliphatic rings. The van der Waals surface area contributed by atoms with Gasteiger partial charge < -0.3 is 25.0 Å². The number of amides is 2. The summed E-state index contributed by atoms with van der Waals surface area (Å²) in [6, 6.07) is 5.95. The van der Waals surface area contributed by atoms with E-state index in [1.807, 2.05) is 72.3 Å². The summed E-state index contributed by atoms with van der Waals surface area (Å²) in [4.78, 5) is 30.9. The van der Waals surface area contributed by atoms with Crippen molar-refractivity contribution < 1.29 is 19.4 Å². The fraction of sp³-hybridized carbons (Fsp3) is 0.643. The molecule has 1 aromatic carbocycles. The highest BCUT2D eigenvalue weighted by atomic mass is 16.5. The van der Waals surface area contributed by atoms with Gasteiger partial charge in [-0.2, -0.15) is 0 Å². The fourth-order valence-corrected chi connectivity index (χ4v) is 4.94. The van der Waals surface area contributed by atoms with Gasteiger partial charge in [0.1, 0.15) is 24.4 Å². The highest BCUT2D eigenvalue weighted by Gasteiger charge is 2.45. The number of hydrogen-bond acceptors (Lipinski definition) is 7. The third-order valence-corrected chi connectivity index (χ3v) is 7.23. The number of hydrogen-bond donors (Lipinski definition) is 2. The fourth-order valence-electron chi connectivity index (χ4n) is 4.94. The number of aliphatic hydroxyl groups excluding tert-OH is 1. The summed E-state index contributed by atoms with van der Waals surface area (Å²) in [6.45, 7) is 9.31. The predicted molar refractivity (Wildman–Crippen MR) is 144 cm³/mol. The Morgan fingerprint density at radius 2 is 2.00 bits per heavy atom. The van der Waals surface area contributed by atoms with E-state index in [0.29, 0.717) is 12.5 Å². The maximum absolute atomic E-state index is 13.9. The standard InChI is InChI=1S/C28H42N6O4/c1-18(20-8-7-9-22(14-20)38-13-12-32(5)6)29-26(36)24-15-21(35)16-33(24)27(37)25(28(2,3)4)34-17-23(30-31-34)19-10-11-19/h7-9,14,17-19,21,24-25,35H,10-13,15-16H2,1-6H3,(H,29,36)/t18-,21?,24?,25+/m0/s1. The van der Waals surface area contributed by atoms with Crippen LogP contribution in [-0.4, -0.2) is 87.7 Å². The first kappa shape index (κ1) is 28.0. The first-order chi connectivity index (χ1) is 17.9. The van der Waals surface area contributed by atoms with E-state index in [1.54, 1.807) is 4.68 Å². The zero-order valence-corrected chi connectivity index (χ0v) is 23.4. The molecule has 208 valence electrons. The third-order valence-electron chi connectivity index (χ3n) is 7.23. The minimum absolute atomic E-state index is 0.108. The molecule has 2 amide bonds. The van der Waals surface area contributed by atoms with Crippen LogP contribution in [0.25, 0.3) is 0 Å². The van der Waals surface area contributed by atoms with Gasteiger partial charge >= 0.3 is 0 Å². The van der Waals surface area contributed by atoms with Gasteiger partial charge in [-0.1, -0.05) is 38.1 Å². The lowest BCUT2D eigenvalue weighted by Crippen LogP contribution is -2.50. The maximum atomic E-state index is 13.9. The van der Waals surface area contributed by atoms with Crippen LogP contribution >= 0.6 is 0 Å². The number of carbonyl (C=O) groups excluding carboxylic acids is 2. The lowest BCUT2D eigenvalue weighted by atomic mass is 9.85. The van der Waals surface area contributed by atoms with E-state index in [0.717, 1.165) is 36.4 Å². The molecule has 1 saturated heterocycles. The summed E-state index contributed by atoms with van der Waals surface area (Å²) in [7, 11) is 3.98. The molecule has 10 heteroatoms. The topological polar surface area (TPSA) is 113 Å². The number of benzene rings is 1. The number of β-amino-alcohol motifs (C(OH)–C–C–N with tert-alkyl or cyclic N) is 1. The van der Waals surface area contributed by atoms with Crippen LogP contribution in [0.1, 0.15) is 76.2 Å². The van der Waals surface area contributed by atoms with Crippen molar-refractivity contribution in [2.45, 2.75) is 77.1 Å². The summed E-state index contributed by atoms with van der Waals surface area (Å²) >= 11 is 0. The Morgan fingerprint density at radius 1 is 1.26 bits per heavy atom. The maximum Gasteiger partial charge on any atom is 0.248 e. The Labute approximate surface area is 225 Å². The number of likely N-dealkylation sites (tertiary alicyclic amines) is 1. The average Bonchev–Trinajstić information content (AvgIpc) is 3.45. The lowest BCUT2D eigenvalue weighted by Gasteiger charge is -2.34. The molecule has 4 atom stereocenters. The SMILES string of the molecule is C[C@H](NC(=O)C1CC(O)CN1C(=O)[C@@H](n1cc(C2CC2)nn1)C(C)(C)C)c1cccc(OCCN(C)C)c1. The molecular formula is C28H42N6O4. The monoisotopic (exact) mass is 526 g/mol. The van der Waals surface area contributed by atoms with Crippen LogP contribution in [-0.2, 0) is 9.59 Å². The van der Waals surface area contributed by atoms with Crippen LogP contribution in [0.5, 0.6) is 5.75 Å². The highest BCUT2D eigenvalue weighted by molar-refractivity contribution is 5.90. The number of likely N-dealkylation sites (N-methyl/N-ethyl adjacent to an activating group) is 1. The molecule has 1 saturated carbocycles. The van der Waals surface area contributed by atoms with Crippen molar-refractivity contribution in [3.8, 4) is 5.75 Å². The Kier molecular flexibility index (Phi) is 8.42. The van der Waals surface area contributed by atoms with Crippen LogP contribution in [0.3, 0.4) is 0 Å². The number of aliphatic hydroxyl groups is 1. The van der Waals surface area contributed by atoms with E-state index < -0.39 is 23.6 Å². The number of rotatable bonds is 10. The first-order valence-corrected chi connectivity index (χ1v) is 13.5. The Balaban J connectivity index is 1.46. The van der Waals surface area contributed by atoms with Gasteiger partial charge in [0.15, 0.2) is 0 Å². The molecule has 0 radical (unpaired) electrons. The van der Waals surface area contributed by atoms with Crippen LogP contribution in [0.2, 0.25) is 0 Å². The molecule has 2 aromatic rings. The molecule has 2 N–H and O–H groups in total. The zero-order valence-electron chi connectivity index (χ0n) is 23.4. The van der Waals surface area contributed by atoms with Crippen molar-refractivity contribution in [3.63, 3.8) is 0 Å². The third kappa shape index (κ3) is 6.71. The largest absolute Gasteiger partial charge is 0.492 e. The van der Waals surface area contributed by atoms with Crippen molar-refractivity contribution >= 4 is 11.8 Å². The molecule has 2 fully saturated rings. The molecule has 38 heavy (non-hydrogen) atoms.